The average molecular weight is 306 g/mol. The molecule has 1 fully saturated rings. The van der Waals surface area contributed by atoms with Crippen LogP contribution >= 0.6 is 11.5 Å². The maximum Gasteiger partial charge on any atom is 0.314 e. The number of primary amides is 1. The molecule has 0 unspecified atom stereocenters. The molecule has 1 aromatic heterocycles. The topological polar surface area (TPSA) is 72.1 Å². The number of halogens is 1. The summed E-state index contributed by atoms with van der Waals surface area (Å²) in [5.74, 6) is -0.256. The summed E-state index contributed by atoms with van der Waals surface area (Å²) in [6, 6.07) is 4.71. The van der Waals surface area contributed by atoms with Gasteiger partial charge in [0.05, 0.1) is 5.41 Å². The van der Waals surface area contributed by atoms with Gasteiger partial charge in [0.15, 0.2) is 0 Å². The van der Waals surface area contributed by atoms with Crippen LogP contribution in [0.2, 0.25) is 0 Å². The number of nitrogens with two attached hydrogens (primary N) is 1. The molecule has 1 aliphatic heterocycles. The van der Waals surface area contributed by atoms with Crippen LogP contribution in [-0.2, 0) is 5.41 Å². The Hall–Kier alpha value is -2.02. The minimum Gasteiger partial charge on any atom is -0.351 e. The first-order chi connectivity index (χ1) is 10.0. The molecule has 0 aliphatic carbocycles. The van der Waals surface area contributed by atoms with Gasteiger partial charge in [0.2, 0.25) is 0 Å². The predicted octanol–water partition coefficient (Wildman–Crippen LogP) is 2.06. The number of hydrogen-bond acceptors (Lipinski definition) is 4. The van der Waals surface area contributed by atoms with Gasteiger partial charge in [0, 0.05) is 13.1 Å². The second kappa shape index (κ2) is 5.07. The molecular weight excluding hydrogens is 291 g/mol. The normalized spacial score (nSPS) is 21.7. The Balaban J connectivity index is 2.09. The van der Waals surface area contributed by atoms with E-state index < -0.39 is 11.4 Å². The molecule has 2 aromatic rings. The highest BCUT2D eigenvalue weighted by molar-refractivity contribution is 7.05. The first-order valence-corrected chi connectivity index (χ1v) is 7.38. The van der Waals surface area contributed by atoms with Crippen LogP contribution in [0.5, 0.6) is 0 Å². The lowest BCUT2D eigenvalue weighted by molar-refractivity contribution is 0.216. The number of urea groups is 1. The van der Waals surface area contributed by atoms with Gasteiger partial charge in [-0.15, -0.1) is 0 Å². The molecule has 7 heteroatoms. The molecule has 2 N–H and O–H groups in total. The van der Waals surface area contributed by atoms with Crippen LogP contribution < -0.4 is 5.73 Å². The van der Waals surface area contributed by atoms with Crippen LogP contribution in [0.4, 0.5) is 9.18 Å². The minimum absolute atomic E-state index is 0.256. The van der Waals surface area contributed by atoms with Crippen molar-refractivity contribution in [3.05, 3.63) is 46.5 Å². The van der Waals surface area contributed by atoms with Gasteiger partial charge in [0.1, 0.15) is 17.2 Å². The lowest BCUT2D eigenvalue weighted by atomic mass is 9.80. The Labute approximate surface area is 125 Å². The van der Waals surface area contributed by atoms with Crippen LogP contribution in [0.25, 0.3) is 0 Å². The predicted molar refractivity (Wildman–Crippen MR) is 77.6 cm³/mol. The van der Waals surface area contributed by atoms with Gasteiger partial charge in [-0.25, -0.2) is 14.2 Å². The highest BCUT2D eigenvalue weighted by atomic mass is 32.1. The zero-order valence-corrected chi connectivity index (χ0v) is 12.4. The van der Waals surface area contributed by atoms with E-state index in [2.05, 4.69) is 9.36 Å². The quantitative estimate of drug-likeness (QED) is 0.923. The fourth-order valence-corrected chi connectivity index (χ4v) is 3.55. The molecule has 21 heavy (non-hydrogen) atoms. The van der Waals surface area contributed by atoms with Crippen molar-refractivity contribution in [1.29, 1.82) is 0 Å². The molecule has 0 saturated carbocycles. The van der Waals surface area contributed by atoms with Crippen LogP contribution in [0.1, 0.15) is 22.6 Å². The standard InChI is InChI=1S/C14H15FN4OS/c1-9-2-3-10(6-11(9)15)14(12-17-8-18-21-12)4-5-19(7-14)13(16)20/h2-3,6,8H,4-5,7H2,1H3,(H2,16,20)/t14-/m0/s1. The highest BCUT2D eigenvalue weighted by Gasteiger charge is 2.45. The molecule has 3 rings (SSSR count). The lowest BCUT2D eigenvalue weighted by Crippen LogP contribution is -2.38. The van der Waals surface area contributed by atoms with Crippen molar-refractivity contribution in [2.75, 3.05) is 13.1 Å². The molecule has 0 radical (unpaired) electrons. The Bertz CT molecular complexity index is 676. The van der Waals surface area contributed by atoms with E-state index >= 15 is 0 Å². The number of hydrogen-bond donors (Lipinski definition) is 1. The number of carbonyl (C=O) groups is 1. The summed E-state index contributed by atoms with van der Waals surface area (Å²) in [6.45, 7) is 2.66. The van der Waals surface area contributed by atoms with Crippen LogP contribution in [-0.4, -0.2) is 33.4 Å². The zero-order chi connectivity index (χ0) is 15.0. The molecule has 1 aromatic carbocycles. The zero-order valence-electron chi connectivity index (χ0n) is 11.5. The number of carbonyl (C=O) groups excluding carboxylic acids is 1. The van der Waals surface area contributed by atoms with Crippen molar-refractivity contribution < 1.29 is 9.18 Å². The van der Waals surface area contributed by atoms with Crippen LogP contribution in [0.3, 0.4) is 0 Å². The van der Waals surface area contributed by atoms with E-state index in [4.69, 9.17) is 5.73 Å². The number of nitrogens with zero attached hydrogens (tertiary/aromatic N) is 3. The van der Waals surface area contributed by atoms with E-state index in [-0.39, 0.29) is 5.82 Å². The number of aromatic nitrogens is 2. The van der Waals surface area contributed by atoms with Crippen molar-refractivity contribution in [1.82, 2.24) is 14.3 Å². The second-order valence-corrected chi connectivity index (χ2v) is 6.08. The first kappa shape index (κ1) is 13.9. The van der Waals surface area contributed by atoms with E-state index in [0.29, 0.717) is 25.1 Å². The van der Waals surface area contributed by atoms with Gasteiger partial charge in [-0.3, -0.25) is 0 Å². The summed E-state index contributed by atoms with van der Waals surface area (Å²) >= 11 is 1.28. The van der Waals surface area contributed by atoms with Crippen molar-refractivity contribution >= 4 is 17.6 Å². The van der Waals surface area contributed by atoms with E-state index in [1.165, 1.54) is 23.9 Å². The third-order valence-electron chi connectivity index (χ3n) is 4.08. The molecule has 1 saturated heterocycles. The molecule has 110 valence electrons. The summed E-state index contributed by atoms with van der Waals surface area (Å²) in [7, 11) is 0. The van der Waals surface area contributed by atoms with E-state index in [0.717, 1.165) is 10.6 Å². The van der Waals surface area contributed by atoms with E-state index in [1.807, 2.05) is 6.07 Å². The highest BCUT2D eigenvalue weighted by Crippen LogP contribution is 2.41. The van der Waals surface area contributed by atoms with Crippen molar-refractivity contribution in [3.8, 4) is 0 Å². The number of rotatable bonds is 2. The molecule has 1 aliphatic rings. The Kier molecular flexibility index (Phi) is 3.36. The van der Waals surface area contributed by atoms with Gasteiger partial charge in [-0.1, -0.05) is 12.1 Å². The fraction of sp³-hybridized carbons (Fsp3) is 0.357. The van der Waals surface area contributed by atoms with Gasteiger partial charge < -0.3 is 10.6 Å². The molecule has 1 atom stereocenters. The van der Waals surface area contributed by atoms with Gasteiger partial charge in [-0.05, 0) is 42.1 Å². The van der Waals surface area contributed by atoms with Gasteiger partial charge in [-0.2, -0.15) is 4.37 Å². The second-order valence-electron chi connectivity index (χ2n) is 5.30. The van der Waals surface area contributed by atoms with Gasteiger partial charge >= 0.3 is 6.03 Å². The molecule has 2 heterocycles. The molecule has 0 bridgehead atoms. The number of benzene rings is 1. The van der Waals surface area contributed by atoms with Crippen molar-refractivity contribution in [3.63, 3.8) is 0 Å². The van der Waals surface area contributed by atoms with Crippen molar-refractivity contribution in [2.24, 2.45) is 5.73 Å². The third-order valence-corrected chi connectivity index (χ3v) is 4.94. The Morgan fingerprint density at radius 1 is 1.52 bits per heavy atom. The van der Waals surface area contributed by atoms with E-state index in [1.54, 1.807) is 17.9 Å². The smallest absolute Gasteiger partial charge is 0.314 e. The fourth-order valence-electron chi connectivity index (χ4n) is 2.81. The van der Waals surface area contributed by atoms with Crippen LogP contribution in [0, 0.1) is 12.7 Å². The number of aryl methyl sites for hydroxylation is 1. The first-order valence-electron chi connectivity index (χ1n) is 6.61. The van der Waals surface area contributed by atoms with Crippen molar-refractivity contribution in [2.45, 2.75) is 18.8 Å². The number of likely N-dealkylation sites (tertiary alicyclic amines) is 1. The third kappa shape index (κ3) is 2.27. The lowest BCUT2D eigenvalue weighted by Gasteiger charge is -2.27. The summed E-state index contributed by atoms with van der Waals surface area (Å²) in [4.78, 5) is 17.3. The Morgan fingerprint density at radius 3 is 2.90 bits per heavy atom. The van der Waals surface area contributed by atoms with Gasteiger partial charge in [0.25, 0.3) is 0 Å². The average Bonchev–Trinajstić information content (AvgIpc) is 3.10. The van der Waals surface area contributed by atoms with E-state index in [9.17, 15) is 9.18 Å². The molecule has 0 spiro atoms. The number of amides is 2. The van der Waals surface area contributed by atoms with Crippen LogP contribution in [0.15, 0.2) is 24.5 Å². The summed E-state index contributed by atoms with van der Waals surface area (Å²) in [6.07, 6.45) is 2.15. The maximum absolute atomic E-state index is 14.0. The molecular formula is C14H15FN4OS. The monoisotopic (exact) mass is 306 g/mol. The summed E-state index contributed by atoms with van der Waals surface area (Å²) in [5.41, 5.74) is 6.27. The largest absolute Gasteiger partial charge is 0.351 e. The summed E-state index contributed by atoms with van der Waals surface area (Å²) in [5, 5.41) is 0.787. The SMILES string of the molecule is Cc1ccc([C@]2(c3ncns3)CCN(C(N)=O)C2)cc1F. The maximum atomic E-state index is 14.0. The minimum atomic E-state index is -0.523. The molecule has 2 amide bonds. The summed E-state index contributed by atoms with van der Waals surface area (Å²) < 4.78 is 18.0. The Morgan fingerprint density at radius 2 is 2.33 bits per heavy atom. The molecule has 5 nitrogen and oxygen atoms in total.